The molecule has 0 atom stereocenters. The number of hydrogen-bond donors (Lipinski definition) is 2. The minimum Gasteiger partial charge on any atom is -0.491 e. The Morgan fingerprint density at radius 3 is 2.65 bits per heavy atom. The van der Waals surface area contributed by atoms with E-state index in [-0.39, 0.29) is 5.88 Å². The number of aryl methyl sites for hydroxylation is 1. The molecule has 0 saturated carbocycles. The number of aromatic nitrogens is 5. The van der Waals surface area contributed by atoms with Crippen molar-refractivity contribution in [2.45, 2.75) is 6.92 Å². The molecule has 9 nitrogen and oxygen atoms in total. The molecule has 4 aromatic rings. The number of fused-ring (bicyclic) bond motifs is 1. The van der Waals surface area contributed by atoms with Gasteiger partial charge in [-0.3, -0.25) is 4.98 Å². The van der Waals surface area contributed by atoms with Crippen LogP contribution >= 0.6 is 11.6 Å². The lowest BCUT2D eigenvalue weighted by Gasteiger charge is -2.11. The summed E-state index contributed by atoms with van der Waals surface area (Å²) in [6.07, 6.45) is 6.38. The average Bonchev–Trinajstić information content (AvgIpc) is 2.78. The van der Waals surface area contributed by atoms with Gasteiger partial charge in [0.2, 0.25) is 5.88 Å². The zero-order chi connectivity index (χ0) is 21.6. The molecule has 158 valence electrons. The molecule has 2 N–H and O–H groups in total. The number of benzene rings is 1. The monoisotopic (exact) mass is 437 g/mol. The molecular formula is C21H20ClN7O2. The third-order valence-corrected chi connectivity index (χ3v) is 4.52. The first kappa shape index (κ1) is 20.7. The summed E-state index contributed by atoms with van der Waals surface area (Å²) in [6, 6.07) is 7.11. The van der Waals surface area contributed by atoms with E-state index in [0.29, 0.717) is 34.8 Å². The Morgan fingerprint density at radius 1 is 0.968 bits per heavy atom. The number of rotatable bonds is 8. The fourth-order valence-electron chi connectivity index (χ4n) is 2.72. The number of likely N-dealkylation sites (N-methyl/N-ethyl adjacent to an activating group) is 1. The number of nitrogens with zero attached hydrogens (tertiary/aromatic N) is 5. The highest BCUT2D eigenvalue weighted by Crippen LogP contribution is 2.32. The standard InChI is InChI=1S/C21H20ClN7O2/c1-13-9-25-19(11-24-13)29-20-16-7-14(3-4-18(16)27-12-28-20)31-21-17(22)8-15(10-26-21)30-6-5-23-2/h3-4,7-12,23H,5-6H2,1-2H3,(H,25,27,28,29). The van der Waals surface area contributed by atoms with Crippen LogP contribution in [-0.4, -0.2) is 45.1 Å². The van der Waals surface area contributed by atoms with Gasteiger partial charge in [-0.2, -0.15) is 0 Å². The minimum atomic E-state index is 0.276. The lowest BCUT2D eigenvalue weighted by molar-refractivity contribution is 0.316. The molecule has 10 heteroatoms. The zero-order valence-corrected chi connectivity index (χ0v) is 17.7. The quantitative estimate of drug-likeness (QED) is 0.396. The van der Waals surface area contributed by atoms with E-state index in [2.05, 4.69) is 35.6 Å². The van der Waals surface area contributed by atoms with Crippen LogP contribution in [0.1, 0.15) is 5.69 Å². The Balaban J connectivity index is 1.57. The number of pyridine rings is 1. The predicted octanol–water partition coefficient (Wildman–Crippen LogP) is 3.91. The minimum absolute atomic E-state index is 0.276. The van der Waals surface area contributed by atoms with Gasteiger partial charge in [0.25, 0.3) is 0 Å². The Morgan fingerprint density at radius 2 is 1.87 bits per heavy atom. The molecule has 0 amide bonds. The van der Waals surface area contributed by atoms with Crippen molar-refractivity contribution in [3.63, 3.8) is 0 Å². The molecule has 0 aliphatic heterocycles. The molecule has 0 fully saturated rings. The fraction of sp³-hybridized carbons (Fsp3) is 0.190. The summed E-state index contributed by atoms with van der Waals surface area (Å²) in [6.45, 7) is 3.11. The van der Waals surface area contributed by atoms with Gasteiger partial charge in [0, 0.05) is 18.0 Å². The van der Waals surface area contributed by atoms with Crippen molar-refractivity contribution < 1.29 is 9.47 Å². The predicted molar refractivity (Wildman–Crippen MR) is 118 cm³/mol. The van der Waals surface area contributed by atoms with Gasteiger partial charge in [-0.05, 0) is 32.2 Å². The average molecular weight is 438 g/mol. The smallest absolute Gasteiger partial charge is 0.238 e. The zero-order valence-electron chi connectivity index (χ0n) is 17.0. The summed E-state index contributed by atoms with van der Waals surface area (Å²) in [4.78, 5) is 21.4. The maximum Gasteiger partial charge on any atom is 0.238 e. The first-order valence-electron chi connectivity index (χ1n) is 9.53. The van der Waals surface area contributed by atoms with E-state index in [0.717, 1.165) is 23.1 Å². The van der Waals surface area contributed by atoms with Gasteiger partial charge in [0.05, 0.1) is 29.8 Å². The number of anilines is 2. The van der Waals surface area contributed by atoms with Crippen molar-refractivity contribution in [3.8, 4) is 17.4 Å². The lowest BCUT2D eigenvalue weighted by Crippen LogP contribution is -2.15. The van der Waals surface area contributed by atoms with Crippen LogP contribution in [-0.2, 0) is 0 Å². The Bertz CT molecular complexity index is 1190. The molecular weight excluding hydrogens is 418 g/mol. The highest BCUT2D eigenvalue weighted by molar-refractivity contribution is 6.32. The summed E-state index contributed by atoms with van der Waals surface area (Å²) >= 11 is 6.33. The summed E-state index contributed by atoms with van der Waals surface area (Å²) in [5.74, 6) is 2.55. The summed E-state index contributed by atoms with van der Waals surface area (Å²) in [7, 11) is 1.86. The molecule has 4 rings (SSSR count). The molecule has 3 aromatic heterocycles. The molecule has 0 saturated heterocycles. The molecule has 0 spiro atoms. The van der Waals surface area contributed by atoms with Gasteiger partial charge >= 0.3 is 0 Å². The molecule has 0 bridgehead atoms. The molecule has 3 heterocycles. The van der Waals surface area contributed by atoms with Gasteiger partial charge < -0.3 is 20.1 Å². The van der Waals surface area contributed by atoms with Crippen LogP contribution in [0, 0.1) is 6.92 Å². The first-order chi connectivity index (χ1) is 15.1. The van der Waals surface area contributed by atoms with Crippen molar-refractivity contribution in [1.82, 2.24) is 30.2 Å². The van der Waals surface area contributed by atoms with Gasteiger partial charge in [0.1, 0.15) is 41.1 Å². The molecule has 1 aromatic carbocycles. The van der Waals surface area contributed by atoms with Crippen LogP contribution in [0.4, 0.5) is 11.6 Å². The Hall–Kier alpha value is -3.56. The second-order valence-electron chi connectivity index (χ2n) is 6.58. The highest BCUT2D eigenvalue weighted by atomic mass is 35.5. The second-order valence-corrected chi connectivity index (χ2v) is 6.99. The Labute approximate surface area is 183 Å². The van der Waals surface area contributed by atoms with Crippen LogP contribution in [0.2, 0.25) is 5.02 Å². The van der Waals surface area contributed by atoms with E-state index < -0.39 is 0 Å². The summed E-state index contributed by atoms with van der Waals surface area (Å²) in [5, 5.41) is 7.27. The lowest BCUT2D eigenvalue weighted by atomic mass is 10.2. The SMILES string of the molecule is CNCCOc1cnc(Oc2ccc3ncnc(Nc4cnc(C)cn4)c3c2)c(Cl)c1. The van der Waals surface area contributed by atoms with E-state index >= 15 is 0 Å². The van der Waals surface area contributed by atoms with Crippen molar-refractivity contribution in [1.29, 1.82) is 0 Å². The molecule has 31 heavy (non-hydrogen) atoms. The summed E-state index contributed by atoms with van der Waals surface area (Å²) < 4.78 is 11.5. The number of halogens is 1. The van der Waals surface area contributed by atoms with E-state index in [1.54, 1.807) is 30.7 Å². The van der Waals surface area contributed by atoms with Crippen molar-refractivity contribution >= 4 is 34.1 Å². The van der Waals surface area contributed by atoms with Gasteiger partial charge in [-0.15, -0.1) is 0 Å². The summed E-state index contributed by atoms with van der Waals surface area (Å²) in [5.41, 5.74) is 1.58. The van der Waals surface area contributed by atoms with Crippen molar-refractivity contribution in [3.05, 3.63) is 59.9 Å². The normalized spacial score (nSPS) is 10.8. The fourth-order valence-corrected chi connectivity index (χ4v) is 2.92. The highest BCUT2D eigenvalue weighted by Gasteiger charge is 2.11. The number of nitrogens with one attached hydrogen (secondary N) is 2. The van der Waals surface area contributed by atoms with Crippen molar-refractivity contribution in [2.75, 3.05) is 25.5 Å². The van der Waals surface area contributed by atoms with Crippen molar-refractivity contribution in [2.24, 2.45) is 0 Å². The van der Waals surface area contributed by atoms with E-state index in [4.69, 9.17) is 21.1 Å². The van der Waals surface area contributed by atoms with Gasteiger partial charge in [-0.1, -0.05) is 11.6 Å². The molecule has 0 radical (unpaired) electrons. The number of hydrogen-bond acceptors (Lipinski definition) is 9. The molecule has 0 aliphatic carbocycles. The first-order valence-corrected chi connectivity index (χ1v) is 9.91. The van der Waals surface area contributed by atoms with Crippen LogP contribution < -0.4 is 20.1 Å². The second kappa shape index (κ2) is 9.50. The Kier molecular flexibility index (Phi) is 6.34. The third kappa shape index (κ3) is 5.14. The van der Waals surface area contributed by atoms with Gasteiger partial charge in [0.15, 0.2) is 0 Å². The van der Waals surface area contributed by atoms with E-state index in [9.17, 15) is 0 Å². The van der Waals surface area contributed by atoms with Crippen LogP contribution in [0.3, 0.4) is 0 Å². The maximum atomic E-state index is 6.33. The number of ether oxygens (including phenoxy) is 2. The van der Waals surface area contributed by atoms with Crippen LogP contribution in [0.25, 0.3) is 10.9 Å². The van der Waals surface area contributed by atoms with Crippen LogP contribution in [0.15, 0.2) is 49.2 Å². The molecule has 0 unspecified atom stereocenters. The van der Waals surface area contributed by atoms with Gasteiger partial charge in [-0.25, -0.2) is 19.9 Å². The van der Waals surface area contributed by atoms with E-state index in [1.165, 1.54) is 6.33 Å². The largest absolute Gasteiger partial charge is 0.491 e. The van der Waals surface area contributed by atoms with E-state index in [1.807, 2.05) is 26.1 Å². The topological polar surface area (TPSA) is 107 Å². The maximum absolute atomic E-state index is 6.33. The van der Waals surface area contributed by atoms with Crippen LogP contribution in [0.5, 0.6) is 17.4 Å². The molecule has 0 aliphatic rings. The third-order valence-electron chi connectivity index (χ3n) is 4.25.